The summed E-state index contributed by atoms with van der Waals surface area (Å²) in [6.45, 7) is 3.16. The van der Waals surface area contributed by atoms with Gasteiger partial charge in [-0.05, 0) is 42.7 Å². The number of benzene rings is 1. The van der Waals surface area contributed by atoms with Crippen LogP contribution in [0.4, 0.5) is 0 Å². The van der Waals surface area contributed by atoms with Gasteiger partial charge in [0.15, 0.2) is 5.78 Å². The second-order valence-corrected chi connectivity index (χ2v) is 4.54. The van der Waals surface area contributed by atoms with Crippen LogP contribution < -0.4 is 0 Å². The van der Waals surface area contributed by atoms with Crippen molar-refractivity contribution in [2.24, 2.45) is 0 Å². The minimum atomic E-state index is -0.742. The molecule has 0 aliphatic carbocycles. The van der Waals surface area contributed by atoms with Crippen molar-refractivity contribution in [1.82, 2.24) is 0 Å². The highest BCUT2D eigenvalue weighted by Crippen LogP contribution is 2.17. The van der Waals surface area contributed by atoms with Crippen molar-refractivity contribution in [3.63, 3.8) is 0 Å². The highest BCUT2D eigenvalue weighted by Gasteiger charge is 2.16. The first-order valence-corrected chi connectivity index (χ1v) is 6.83. The molecule has 0 bridgehead atoms. The number of ether oxygens (including phenoxy) is 1. The third-order valence-corrected chi connectivity index (χ3v) is 3.00. The molecule has 5 nitrogen and oxygen atoms in total. The normalized spacial score (nSPS) is 10.5. The summed E-state index contributed by atoms with van der Waals surface area (Å²) >= 11 is 0. The SMILES string of the molecule is CCc1cc(C#N)ccc1/C=C(\C(C)=O)C(=O)OCCC#N. The standard InChI is InChI=1S/C17H16N2O3/c1-3-14-9-13(11-19)5-6-15(14)10-16(12(2)20)17(21)22-8-4-7-18/h5-6,9-10H,3-4,8H2,1-2H3/b16-10+. The maximum absolute atomic E-state index is 11.9. The third kappa shape index (κ3) is 4.57. The fraction of sp³-hybridized carbons (Fsp3) is 0.294. The molecule has 0 fully saturated rings. The molecule has 0 amide bonds. The van der Waals surface area contributed by atoms with Crippen LogP contribution >= 0.6 is 0 Å². The first-order valence-electron chi connectivity index (χ1n) is 6.83. The monoisotopic (exact) mass is 296 g/mol. The Morgan fingerprint density at radius 2 is 2.05 bits per heavy atom. The van der Waals surface area contributed by atoms with E-state index < -0.39 is 11.8 Å². The van der Waals surface area contributed by atoms with Crippen LogP contribution in [0.2, 0.25) is 0 Å². The lowest BCUT2D eigenvalue weighted by Gasteiger charge is -2.07. The molecule has 1 aromatic carbocycles. The molecular formula is C17H16N2O3. The van der Waals surface area contributed by atoms with Gasteiger partial charge in [0.25, 0.3) is 0 Å². The van der Waals surface area contributed by atoms with Gasteiger partial charge in [-0.15, -0.1) is 0 Å². The smallest absolute Gasteiger partial charge is 0.341 e. The number of aryl methyl sites for hydroxylation is 1. The molecule has 1 aromatic rings. The van der Waals surface area contributed by atoms with E-state index in [0.29, 0.717) is 17.5 Å². The molecule has 0 N–H and O–H groups in total. The molecular weight excluding hydrogens is 280 g/mol. The Kier molecular flexibility index (Phi) is 6.53. The van der Waals surface area contributed by atoms with Crippen molar-refractivity contribution in [3.8, 4) is 12.1 Å². The van der Waals surface area contributed by atoms with Crippen molar-refractivity contribution in [3.05, 3.63) is 40.5 Å². The van der Waals surface area contributed by atoms with E-state index in [9.17, 15) is 9.59 Å². The van der Waals surface area contributed by atoms with Crippen LogP contribution in [0.5, 0.6) is 0 Å². The van der Waals surface area contributed by atoms with Gasteiger partial charge >= 0.3 is 5.97 Å². The molecule has 0 atom stereocenters. The molecule has 0 aliphatic rings. The van der Waals surface area contributed by atoms with E-state index in [2.05, 4.69) is 6.07 Å². The second-order valence-electron chi connectivity index (χ2n) is 4.54. The van der Waals surface area contributed by atoms with Gasteiger partial charge in [0.1, 0.15) is 12.2 Å². The highest BCUT2D eigenvalue weighted by molar-refractivity contribution is 6.19. The molecule has 22 heavy (non-hydrogen) atoms. The van der Waals surface area contributed by atoms with Crippen molar-refractivity contribution in [2.75, 3.05) is 6.61 Å². The van der Waals surface area contributed by atoms with Gasteiger partial charge < -0.3 is 4.74 Å². The lowest BCUT2D eigenvalue weighted by molar-refractivity contribution is -0.140. The first kappa shape index (κ1) is 17.1. The molecule has 0 radical (unpaired) electrons. The summed E-state index contributed by atoms with van der Waals surface area (Å²) in [6, 6.07) is 8.96. The minimum absolute atomic E-state index is 0.0477. The van der Waals surface area contributed by atoms with Gasteiger partial charge in [-0.3, -0.25) is 4.79 Å². The first-order chi connectivity index (χ1) is 10.5. The largest absolute Gasteiger partial charge is 0.461 e. The summed E-state index contributed by atoms with van der Waals surface area (Å²) in [4.78, 5) is 23.6. The third-order valence-electron chi connectivity index (χ3n) is 3.00. The van der Waals surface area contributed by atoms with Crippen LogP contribution in [0.15, 0.2) is 23.8 Å². The lowest BCUT2D eigenvalue weighted by atomic mass is 9.99. The van der Waals surface area contributed by atoms with Crippen LogP contribution in [0.25, 0.3) is 6.08 Å². The van der Waals surface area contributed by atoms with E-state index in [1.807, 2.05) is 13.0 Å². The maximum atomic E-state index is 11.9. The fourth-order valence-electron chi connectivity index (χ4n) is 1.85. The molecule has 1 rings (SSSR count). The molecule has 0 unspecified atom stereocenters. The maximum Gasteiger partial charge on any atom is 0.341 e. The summed E-state index contributed by atoms with van der Waals surface area (Å²) in [5, 5.41) is 17.3. The second kappa shape index (κ2) is 8.39. The molecule has 0 saturated carbocycles. The Morgan fingerprint density at radius 3 is 2.59 bits per heavy atom. The van der Waals surface area contributed by atoms with E-state index in [0.717, 1.165) is 5.56 Å². The van der Waals surface area contributed by atoms with Crippen molar-refractivity contribution >= 4 is 17.8 Å². The number of nitriles is 2. The predicted molar refractivity (Wildman–Crippen MR) is 80.4 cm³/mol. The molecule has 112 valence electrons. The van der Waals surface area contributed by atoms with Crippen molar-refractivity contribution in [1.29, 1.82) is 10.5 Å². The zero-order valence-electron chi connectivity index (χ0n) is 12.5. The van der Waals surface area contributed by atoms with Gasteiger partial charge in [0, 0.05) is 0 Å². The number of nitrogens with zero attached hydrogens (tertiary/aromatic N) is 2. The summed E-state index contributed by atoms with van der Waals surface area (Å²) in [5.74, 6) is -1.15. The van der Waals surface area contributed by atoms with Crippen molar-refractivity contribution in [2.45, 2.75) is 26.7 Å². The highest BCUT2D eigenvalue weighted by atomic mass is 16.5. The Morgan fingerprint density at radius 1 is 1.32 bits per heavy atom. The number of hydrogen-bond acceptors (Lipinski definition) is 5. The topological polar surface area (TPSA) is 90.9 Å². The van der Waals surface area contributed by atoms with E-state index in [-0.39, 0.29) is 18.6 Å². The molecule has 0 aromatic heterocycles. The van der Waals surface area contributed by atoms with Crippen LogP contribution in [0, 0.1) is 22.7 Å². The Hall–Kier alpha value is -2.92. The van der Waals surface area contributed by atoms with E-state index in [4.69, 9.17) is 15.3 Å². The number of carbonyl (C=O) groups excluding carboxylic acids is 2. The molecule has 0 saturated heterocycles. The molecule has 0 heterocycles. The van der Waals surface area contributed by atoms with Crippen LogP contribution in [-0.4, -0.2) is 18.4 Å². The summed E-state index contributed by atoms with van der Waals surface area (Å²) in [5.41, 5.74) is 2.01. The van der Waals surface area contributed by atoms with E-state index >= 15 is 0 Å². The minimum Gasteiger partial charge on any atom is -0.461 e. The molecule has 0 aliphatic heterocycles. The van der Waals surface area contributed by atoms with Gasteiger partial charge in [0.05, 0.1) is 24.1 Å². The van der Waals surface area contributed by atoms with Gasteiger partial charge in [-0.25, -0.2) is 4.79 Å². The summed E-state index contributed by atoms with van der Waals surface area (Å²) in [6.07, 6.45) is 2.21. The Bertz CT molecular complexity index is 691. The van der Waals surface area contributed by atoms with Crippen LogP contribution in [0.1, 0.15) is 37.0 Å². The van der Waals surface area contributed by atoms with E-state index in [1.54, 1.807) is 18.2 Å². The Labute approximate surface area is 129 Å². The predicted octanol–water partition coefficient (Wildman–Crippen LogP) is 2.55. The lowest BCUT2D eigenvalue weighted by Crippen LogP contribution is -2.14. The van der Waals surface area contributed by atoms with E-state index in [1.165, 1.54) is 13.0 Å². The zero-order valence-corrected chi connectivity index (χ0v) is 12.5. The number of rotatable bonds is 6. The van der Waals surface area contributed by atoms with Gasteiger partial charge in [-0.2, -0.15) is 10.5 Å². The number of esters is 1. The Balaban J connectivity index is 3.14. The molecule has 5 heteroatoms. The molecule has 0 spiro atoms. The average Bonchev–Trinajstić information content (AvgIpc) is 2.52. The van der Waals surface area contributed by atoms with Crippen molar-refractivity contribution < 1.29 is 14.3 Å². The van der Waals surface area contributed by atoms with Gasteiger partial charge in [0.2, 0.25) is 0 Å². The van der Waals surface area contributed by atoms with Crippen LogP contribution in [0.3, 0.4) is 0 Å². The fourth-order valence-corrected chi connectivity index (χ4v) is 1.85. The van der Waals surface area contributed by atoms with Gasteiger partial charge in [-0.1, -0.05) is 13.0 Å². The van der Waals surface area contributed by atoms with Crippen LogP contribution in [-0.2, 0) is 20.7 Å². The number of carbonyl (C=O) groups is 2. The number of hydrogen-bond donors (Lipinski definition) is 0. The average molecular weight is 296 g/mol. The summed E-state index contributed by atoms with van der Waals surface area (Å²) < 4.78 is 4.89. The number of ketones is 1. The quantitative estimate of drug-likeness (QED) is 0.264. The number of Topliss-reactive ketones (excluding diaryl/α,β-unsaturated/α-hetero) is 1. The summed E-state index contributed by atoms with van der Waals surface area (Å²) in [7, 11) is 0. The zero-order chi connectivity index (χ0) is 16.5.